The lowest BCUT2D eigenvalue weighted by atomic mass is 9.99. The van der Waals surface area contributed by atoms with Crippen molar-refractivity contribution in [1.29, 1.82) is 0 Å². The fourth-order valence-corrected chi connectivity index (χ4v) is 7.68. The van der Waals surface area contributed by atoms with Gasteiger partial charge in [0.2, 0.25) is 17.7 Å². The zero-order valence-electron chi connectivity index (χ0n) is 34.6. The first-order valence-electron chi connectivity index (χ1n) is 21.1. The van der Waals surface area contributed by atoms with E-state index in [1.54, 1.807) is 48.7 Å². The Morgan fingerprint density at radius 1 is 0.938 bits per heavy atom. The number of aromatic nitrogens is 4. The summed E-state index contributed by atoms with van der Waals surface area (Å²) in [5, 5.41) is 11.5. The minimum absolute atomic E-state index is 0.0482. The van der Waals surface area contributed by atoms with Crippen molar-refractivity contribution in [2.75, 3.05) is 38.3 Å². The van der Waals surface area contributed by atoms with Crippen LogP contribution in [-0.2, 0) is 44.6 Å². The zero-order valence-corrected chi connectivity index (χ0v) is 34.6. The number of hydrogen-bond acceptors (Lipinski definition) is 12. The van der Waals surface area contributed by atoms with Crippen LogP contribution in [0.1, 0.15) is 92.2 Å². The quantitative estimate of drug-likeness (QED) is 0.0638. The van der Waals surface area contributed by atoms with Gasteiger partial charge in [0.1, 0.15) is 12.3 Å². The van der Waals surface area contributed by atoms with Gasteiger partial charge in [-0.15, -0.1) is 0 Å². The Morgan fingerprint density at radius 3 is 2.55 bits per heavy atom. The van der Waals surface area contributed by atoms with Gasteiger partial charge in [-0.25, -0.2) is 9.67 Å². The number of aryl methyl sites for hydroxylation is 2. The fourth-order valence-electron chi connectivity index (χ4n) is 7.68. The Bertz CT molecular complexity index is 2550. The number of nitrogens with one attached hydrogen (secondary N) is 3. The number of nitrogens with zero attached hydrogens (tertiary/aromatic N) is 5. The molecule has 3 N–H and O–H groups in total. The summed E-state index contributed by atoms with van der Waals surface area (Å²) in [5.41, 5.74) is 1.81. The van der Waals surface area contributed by atoms with E-state index in [1.807, 2.05) is 12.1 Å². The van der Waals surface area contributed by atoms with Gasteiger partial charge in [-0.1, -0.05) is 37.1 Å². The van der Waals surface area contributed by atoms with Gasteiger partial charge in [0.25, 0.3) is 17.7 Å². The van der Waals surface area contributed by atoms with Crippen LogP contribution in [-0.4, -0.2) is 93.2 Å². The molecule has 1 unspecified atom stereocenters. The number of pyridine rings is 1. The third kappa shape index (κ3) is 10.4. The minimum Gasteiger partial charge on any atom is -0.444 e. The van der Waals surface area contributed by atoms with Crippen molar-refractivity contribution in [3.63, 3.8) is 0 Å². The van der Waals surface area contributed by atoms with Gasteiger partial charge in [-0.2, -0.15) is 18.3 Å². The highest BCUT2D eigenvalue weighted by Crippen LogP contribution is 2.36. The molecule has 0 bridgehead atoms. The van der Waals surface area contributed by atoms with Gasteiger partial charge in [0, 0.05) is 43.6 Å². The maximum Gasteiger partial charge on any atom is 0.437 e. The molecule has 334 valence electrons. The average molecular weight is 883 g/mol. The summed E-state index contributed by atoms with van der Waals surface area (Å²) in [6, 6.07) is 14.3. The number of benzene rings is 2. The zero-order chi connectivity index (χ0) is 44.8. The van der Waals surface area contributed by atoms with Gasteiger partial charge < -0.3 is 24.5 Å². The SMILES string of the molecule is O=C1CCC(N2C(=O)c3cccc(CCCOCCOCCNCc4cccc(-n5cc(NC(=O)c6coc(-c7ccnc(CCC8CC8)c7)n6)c(C(F)(F)F)n5)c4)c3C2=O)C(=O)N1. The van der Waals surface area contributed by atoms with E-state index in [0.29, 0.717) is 69.2 Å². The highest BCUT2D eigenvalue weighted by molar-refractivity contribution is 6.24. The second kappa shape index (κ2) is 19.4. The maximum atomic E-state index is 14.1. The van der Waals surface area contributed by atoms with Gasteiger partial charge in [-0.05, 0) is 79.5 Å². The number of hydrogen-bond donors (Lipinski definition) is 3. The van der Waals surface area contributed by atoms with Gasteiger partial charge >= 0.3 is 6.18 Å². The van der Waals surface area contributed by atoms with E-state index in [0.717, 1.165) is 52.1 Å². The number of rotatable bonds is 20. The molecule has 1 saturated carbocycles. The third-order valence-corrected chi connectivity index (χ3v) is 11.1. The predicted octanol–water partition coefficient (Wildman–Crippen LogP) is 5.69. The van der Waals surface area contributed by atoms with E-state index in [4.69, 9.17) is 13.9 Å². The van der Waals surface area contributed by atoms with Crippen molar-refractivity contribution in [3.05, 3.63) is 113 Å². The van der Waals surface area contributed by atoms with Crippen LogP contribution < -0.4 is 16.0 Å². The fraction of sp³-hybridized carbons (Fsp3) is 0.378. The van der Waals surface area contributed by atoms with Crippen LogP contribution in [0.15, 0.2) is 77.7 Å². The molecule has 1 aliphatic carbocycles. The highest BCUT2D eigenvalue weighted by Gasteiger charge is 2.45. The van der Waals surface area contributed by atoms with Crippen molar-refractivity contribution in [2.24, 2.45) is 5.92 Å². The number of anilines is 1. The number of fused-ring (bicyclic) bond motifs is 1. The maximum absolute atomic E-state index is 14.1. The number of ether oxygens (including phenoxy) is 2. The number of carbonyl (C=O) groups excluding carboxylic acids is 5. The average Bonchev–Trinajstić information content (AvgIpc) is 3.67. The molecule has 2 aliphatic heterocycles. The molecule has 0 radical (unpaired) electrons. The Hall–Kier alpha value is -6.57. The summed E-state index contributed by atoms with van der Waals surface area (Å²) in [4.78, 5) is 73.0. The second-order valence-corrected chi connectivity index (χ2v) is 15.8. The number of oxazole rings is 1. The molecule has 5 aromatic rings. The Labute approximate surface area is 364 Å². The summed E-state index contributed by atoms with van der Waals surface area (Å²) >= 11 is 0. The van der Waals surface area contributed by atoms with Crippen molar-refractivity contribution < 1.29 is 51.0 Å². The molecule has 3 aliphatic rings. The summed E-state index contributed by atoms with van der Waals surface area (Å²) in [7, 11) is 0. The van der Waals surface area contributed by atoms with E-state index in [9.17, 15) is 37.1 Å². The smallest absolute Gasteiger partial charge is 0.437 e. The highest BCUT2D eigenvalue weighted by atomic mass is 19.4. The van der Waals surface area contributed by atoms with Crippen molar-refractivity contribution in [1.82, 2.24) is 35.3 Å². The third-order valence-electron chi connectivity index (χ3n) is 11.1. The van der Waals surface area contributed by atoms with Crippen LogP contribution in [0.25, 0.3) is 17.1 Å². The molecule has 3 aromatic heterocycles. The van der Waals surface area contributed by atoms with E-state index in [1.165, 1.54) is 12.8 Å². The molecular formula is C45H45F3N8O8. The number of imide groups is 2. The summed E-state index contributed by atoms with van der Waals surface area (Å²) < 4.78 is 60.3. The Kier molecular flexibility index (Phi) is 13.4. The molecule has 8 rings (SSSR count). The van der Waals surface area contributed by atoms with Crippen LogP contribution >= 0.6 is 0 Å². The van der Waals surface area contributed by atoms with E-state index in [-0.39, 0.29) is 35.6 Å². The molecule has 2 aromatic carbocycles. The van der Waals surface area contributed by atoms with Gasteiger partial charge in [0.15, 0.2) is 11.4 Å². The lowest BCUT2D eigenvalue weighted by Crippen LogP contribution is -2.54. The molecule has 64 heavy (non-hydrogen) atoms. The number of amides is 5. The standard InChI is InChI=1S/C45H45F3N8O8/c46-45(47,48)39-34(51-40(58)35-26-64-42(52-35)30-15-16-50-31(23-30)12-11-27-9-10-27)25-55(54-39)32-7-1-4-28(22-32)24-49-17-19-63-21-20-62-18-3-6-29-5-2-8-33-38(29)44(61)56(43(33)60)36-13-14-37(57)53-41(36)59/h1-2,4-5,7-8,15-16,22-23,25-27,36,49H,3,6,9-14,17-21,24H2,(H,51,58)(H,53,57,59). The van der Waals surface area contributed by atoms with Crippen LogP contribution in [0.5, 0.6) is 0 Å². The molecule has 5 amide bonds. The number of carbonyl (C=O) groups is 5. The second-order valence-electron chi connectivity index (χ2n) is 15.8. The summed E-state index contributed by atoms with van der Waals surface area (Å²) in [6.45, 7) is 2.28. The molecule has 2 fully saturated rings. The molecule has 1 atom stereocenters. The van der Waals surface area contributed by atoms with Crippen molar-refractivity contribution in [3.8, 4) is 17.1 Å². The predicted molar refractivity (Wildman–Crippen MR) is 222 cm³/mol. The van der Waals surface area contributed by atoms with Gasteiger partial charge in [-0.3, -0.25) is 39.2 Å². The molecule has 19 heteroatoms. The summed E-state index contributed by atoms with van der Waals surface area (Å²) in [5.74, 6) is -2.17. The Morgan fingerprint density at radius 2 is 1.75 bits per heavy atom. The van der Waals surface area contributed by atoms with E-state index < -0.39 is 53.1 Å². The van der Waals surface area contributed by atoms with Crippen LogP contribution in [0, 0.1) is 5.92 Å². The minimum atomic E-state index is -4.86. The molecular weight excluding hydrogens is 838 g/mol. The number of piperidine rings is 1. The van der Waals surface area contributed by atoms with Crippen molar-refractivity contribution >= 4 is 35.2 Å². The number of alkyl halides is 3. The van der Waals surface area contributed by atoms with Gasteiger partial charge in [0.05, 0.1) is 48.5 Å². The first-order valence-corrected chi connectivity index (χ1v) is 21.1. The monoisotopic (exact) mass is 882 g/mol. The topological polar surface area (TPSA) is 200 Å². The van der Waals surface area contributed by atoms with Crippen LogP contribution in [0.3, 0.4) is 0 Å². The molecule has 16 nitrogen and oxygen atoms in total. The Balaban J connectivity index is 0.757. The van der Waals surface area contributed by atoms with Crippen LogP contribution in [0.2, 0.25) is 0 Å². The molecule has 5 heterocycles. The van der Waals surface area contributed by atoms with E-state index >= 15 is 0 Å². The normalized spacial score (nSPS) is 16.4. The summed E-state index contributed by atoms with van der Waals surface area (Å²) in [6.07, 6.45) is 4.47. The van der Waals surface area contributed by atoms with Crippen molar-refractivity contribution in [2.45, 2.75) is 70.1 Å². The number of halogens is 3. The molecule has 0 spiro atoms. The first kappa shape index (κ1) is 44.1. The van der Waals surface area contributed by atoms with E-state index in [2.05, 4.69) is 31.0 Å². The first-order chi connectivity index (χ1) is 30.9. The molecule has 1 saturated heterocycles. The lowest BCUT2D eigenvalue weighted by Gasteiger charge is -2.27. The lowest BCUT2D eigenvalue weighted by molar-refractivity contribution is -0.140. The van der Waals surface area contributed by atoms with Crippen LogP contribution in [0.4, 0.5) is 18.9 Å². The largest absolute Gasteiger partial charge is 0.444 e.